The predicted molar refractivity (Wildman–Crippen MR) is 432 cm³/mol. The van der Waals surface area contributed by atoms with Crippen LogP contribution in [0, 0.1) is 0 Å². The molecule has 0 bridgehead atoms. The lowest BCUT2D eigenvalue weighted by atomic mass is 9.33. The van der Waals surface area contributed by atoms with Crippen molar-refractivity contribution in [2.75, 3.05) is 9.80 Å². The number of para-hydroxylation sites is 2. The third-order valence-corrected chi connectivity index (χ3v) is 20.9. The van der Waals surface area contributed by atoms with Crippen molar-refractivity contribution in [2.24, 2.45) is 0 Å². The van der Waals surface area contributed by atoms with Gasteiger partial charge in [0.1, 0.15) is 0 Å². The van der Waals surface area contributed by atoms with Gasteiger partial charge in [-0.3, -0.25) is 0 Å². The van der Waals surface area contributed by atoms with Gasteiger partial charge >= 0.3 is 0 Å². The minimum Gasteiger partial charge on any atom is -0.311 e. The summed E-state index contributed by atoms with van der Waals surface area (Å²) in [7, 11) is 0. The van der Waals surface area contributed by atoms with Gasteiger partial charge in [-0.25, -0.2) is 0 Å². The quantitative estimate of drug-likeness (QED) is 0.134. The molecule has 4 heterocycles. The standard InChI is InChI=1S/C96H79BN4/c1-94(2,3)70-46-50-83-78(56-70)79-57-71(95(4,5)6)47-51-84(79)99(83)74-60-89-92-90(61-74)101(93-76(65-36-22-13-23-37-65)58-72(96(7,8)9)59-77(93)66-38-24-14-25-39-66)86-53-68(63-32-18-11-19-33-63)45-49-81(86)97(92)80-48-44-67(62-30-16-10-17-31-62)52-85(80)100(89)88-55-69(64-34-20-12-21-35-64)54-87-91(88)75-42-28-29-43-82(75)98(87)73-40-26-15-27-41-73/h10-61H,1-9H3/i10D,11D,16D,17D,18D,19D,30D,31D,32D,33D. The molecular weight excluding hydrogens is 1220 g/mol. The van der Waals surface area contributed by atoms with Crippen LogP contribution in [0.15, 0.2) is 315 Å². The normalized spacial score (nSPS) is 14.3. The minimum atomic E-state index is -0.654. The highest BCUT2D eigenvalue weighted by Crippen LogP contribution is 2.55. The van der Waals surface area contributed by atoms with E-state index >= 15 is 0 Å². The first kappa shape index (κ1) is 51.5. The topological polar surface area (TPSA) is 16.3 Å². The van der Waals surface area contributed by atoms with E-state index in [0.717, 1.165) is 133 Å². The molecule has 0 spiro atoms. The molecule has 0 aliphatic carbocycles. The number of anilines is 6. The van der Waals surface area contributed by atoms with Crippen LogP contribution >= 0.6 is 0 Å². The van der Waals surface area contributed by atoms with Gasteiger partial charge in [0.05, 0.1) is 52.8 Å². The third-order valence-electron chi connectivity index (χ3n) is 20.9. The first-order valence-electron chi connectivity index (χ1n) is 39.9. The molecule has 486 valence electrons. The number of hydrogen-bond acceptors (Lipinski definition) is 2. The van der Waals surface area contributed by atoms with E-state index in [2.05, 4.69) is 288 Å². The van der Waals surface area contributed by atoms with Crippen LogP contribution in [-0.4, -0.2) is 15.8 Å². The Morgan fingerprint density at radius 1 is 0.287 bits per heavy atom. The monoisotopic (exact) mass is 1310 g/mol. The van der Waals surface area contributed by atoms with Gasteiger partial charge in [0.15, 0.2) is 0 Å². The largest absolute Gasteiger partial charge is 0.311 e. The first-order chi connectivity index (χ1) is 53.2. The first-order valence-corrected chi connectivity index (χ1v) is 34.9. The van der Waals surface area contributed by atoms with Crippen molar-refractivity contribution >= 4 is 101 Å². The SMILES string of the molecule is [2H]c1c([2H])c([2H])c(-c2ccc3c(c2)N(c2c(-c4ccccc4)cc(C(C)(C)C)cc2-c2ccccc2)c2cc(-n4c5ccc(C(C)(C)C)cc5c5cc(C(C)(C)C)ccc54)cc4c2B3c2ccc(-c3c([2H])c([2H])c([2H])c([2H])c3[2H])cc2N4c2cc(-c3ccccc3)cc3c2c2ccccc2n3-c2ccccc2)c([2H])c1[2H]. The van der Waals surface area contributed by atoms with Crippen LogP contribution in [0.25, 0.3) is 111 Å². The maximum Gasteiger partial charge on any atom is 0.252 e. The van der Waals surface area contributed by atoms with Gasteiger partial charge in [-0.1, -0.05) is 287 Å². The zero-order chi connectivity index (χ0) is 77.3. The van der Waals surface area contributed by atoms with Crippen molar-refractivity contribution < 1.29 is 13.7 Å². The fourth-order valence-corrected chi connectivity index (χ4v) is 15.8. The molecule has 0 amide bonds. The summed E-state index contributed by atoms with van der Waals surface area (Å²) >= 11 is 0. The molecule has 0 radical (unpaired) electrons. The second-order valence-corrected chi connectivity index (χ2v) is 30.2. The van der Waals surface area contributed by atoms with E-state index in [0.29, 0.717) is 22.5 Å². The second-order valence-electron chi connectivity index (χ2n) is 30.2. The van der Waals surface area contributed by atoms with Crippen molar-refractivity contribution in [1.82, 2.24) is 9.13 Å². The van der Waals surface area contributed by atoms with Gasteiger partial charge < -0.3 is 18.9 Å². The molecule has 5 heteroatoms. The van der Waals surface area contributed by atoms with E-state index < -0.39 is 43.0 Å². The van der Waals surface area contributed by atoms with Crippen molar-refractivity contribution in [3.05, 3.63) is 332 Å². The molecule has 2 aliphatic rings. The smallest absolute Gasteiger partial charge is 0.252 e. The summed E-state index contributed by atoms with van der Waals surface area (Å²) in [6.45, 7) is 19.6. The molecule has 0 fully saturated rings. The summed E-state index contributed by atoms with van der Waals surface area (Å²) in [6.07, 6.45) is 0. The summed E-state index contributed by atoms with van der Waals surface area (Å²) in [5.41, 5.74) is 22.3. The van der Waals surface area contributed by atoms with Crippen molar-refractivity contribution in [2.45, 2.75) is 78.6 Å². The number of benzene rings is 14. The average molecular weight is 1310 g/mol. The number of aromatic nitrogens is 2. The van der Waals surface area contributed by atoms with Gasteiger partial charge in [-0.2, -0.15) is 0 Å². The Balaban J connectivity index is 1.09. The fraction of sp³-hybridized carbons (Fsp3) is 0.125. The summed E-state index contributed by atoms with van der Waals surface area (Å²) in [6, 6.07) is 86.2. The van der Waals surface area contributed by atoms with Crippen LogP contribution in [0.3, 0.4) is 0 Å². The second kappa shape index (κ2) is 23.5. The molecule has 0 saturated carbocycles. The van der Waals surface area contributed by atoms with E-state index in [1.165, 1.54) is 11.1 Å². The maximum absolute atomic E-state index is 9.71. The third kappa shape index (κ3) is 10.3. The molecule has 0 atom stereocenters. The summed E-state index contributed by atoms with van der Waals surface area (Å²) in [5, 5.41) is 4.11. The van der Waals surface area contributed by atoms with E-state index in [1.807, 2.05) is 48.5 Å². The Kier molecular flexibility index (Phi) is 12.0. The maximum atomic E-state index is 9.71. The number of fused-ring (bicyclic) bond motifs is 10. The highest BCUT2D eigenvalue weighted by atomic mass is 15.2. The molecule has 101 heavy (non-hydrogen) atoms. The van der Waals surface area contributed by atoms with Crippen molar-refractivity contribution in [1.29, 1.82) is 0 Å². The highest BCUT2D eigenvalue weighted by molar-refractivity contribution is 7.00. The van der Waals surface area contributed by atoms with Crippen LogP contribution < -0.4 is 26.2 Å². The van der Waals surface area contributed by atoms with Crippen molar-refractivity contribution in [3.63, 3.8) is 0 Å². The zero-order valence-electron chi connectivity index (χ0n) is 68.1. The van der Waals surface area contributed by atoms with Gasteiger partial charge in [-0.15, -0.1) is 0 Å². The molecule has 0 saturated heterocycles. The predicted octanol–water partition coefficient (Wildman–Crippen LogP) is 24.2. The Morgan fingerprint density at radius 2 is 0.723 bits per heavy atom. The van der Waals surface area contributed by atoms with Crippen LogP contribution in [0.1, 0.15) is 92.7 Å². The van der Waals surface area contributed by atoms with E-state index in [1.54, 1.807) is 0 Å². The molecule has 2 aliphatic heterocycles. The summed E-state index contributed by atoms with van der Waals surface area (Å²) in [5.74, 6) is 0. The number of nitrogens with zero attached hydrogens (tertiary/aromatic N) is 4. The van der Waals surface area contributed by atoms with E-state index in [-0.39, 0.29) is 51.5 Å². The molecule has 14 aromatic carbocycles. The Labute approximate surface area is 607 Å². The van der Waals surface area contributed by atoms with Crippen LogP contribution in [0.2, 0.25) is 0 Å². The molecular formula is C96H79BN4. The number of rotatable bonds is 9. The van der Waals surface area contributed by atoms with E-state index in [9.17, 15) is 11.0 Å². The Bertz CT molecular complexity index is 6400. The van der Waals surface area contributed by atoms with Crippen LogP contribution in [-0.2, 0) is 16.2 Å². The Morgan fingerprint density at radius 3 is 1.24 bits per heavy atom. The van der Waals surface area contributed by atoms with Gasteiger partial charge in [-0.05, 0) is 185 Å². The number of hydrogen-bond donors (Lipinski definition) is 0. The van der Waals surface area contributed by atoms with E-state index in [4.69, 9.17) is 2.74 Å². The van der Waals surface area contributed by atoms with Crippen molar-refractivity contribution in [3.8, 4) is 67.0 Å². The Hall–Kier alpha value is -11.7. The molecule has 0 N–H and O–H groups in total. The zero-order valence-corrected chi connectivity index (χ0v) is 58.1. The highest BCUT2D eigenvalue weighted by Gasteiger charge is 2.46. The van der Waals surface area contributed by atoms with Gasteiger partial charge in [0.25, 0.3) is 6.71 Å². The van der Waals surface area contributed by atoms with Gasteiger partial charge in [0.2, 0.25) is 0 Å². The summed E-state index contributed by atoms with van der Waals surface area (Å²) < 4.78 is 98.1. The fourth-order valence-electron chi connectivity index (χ4n) is 15.8. The lowest BCUT2D eigenvalue weighted by molar-refractivity contribution is 0.590. The molecule has 18 rings (SSSR count). The molecule has 4 nitrogen and oxygen atoms in total. The molecule has 0 unspecified atom stereocenters. The molecule has 16 aromatic rings. The lowest BCUT2D eigenvalue weighted by Gasteiger charge is -2.46. The molecule has 2 aromatic heterocycles. The summed E-state index contributed by atoms with van der Waals surface area (Å²) in [4.78, 5) is 4.81. The lowest BCUT2D eigenvalue weighted by Crippen LogP contribution is -2.61. The minimum absolute atomic E-state index is 0.0569. The average Bonchev–Trinajstić information content (AvgIpc) is 1.28. The van der Waals surface area contributed by atoms with Crippen LogP contribution in [0.4, 0.5) is 34.1 Å². The van der Waals surface area contributed by atoms with Crippen LogP contribution in [0.5, 0.6) is 0 Å². The van der Waals surface area contributed by atoms with Gasteiger partial charge in [0, 0.05) is 61.1 Å².